The smallest absolute Gasteiger partial charge is 0.422 e. The molecule has 1 saturated carbocycles. The maximum Gasteiger partial charge on any atom is 0.422 e. The average molecular weight is 725 g/mol. The number of halogens is 8. The Hall–Kier alpha value is -4.17. The van der Waals surface area contributed by atoms with E-state index in [0.29, 0.717) is 31.7 Å². The molecule has 3 aromatic rings. The lowest BCUT2D eigenvalue weighted by atomic mass is 9.81. The summed E-state index contributed by atoms with van der Waals surface area (Å²) in [7, 11) is 0. The van der Waals surface area contributed by atoms with Gasteiger partial charge in [0.15, 0.2) is 6.61 Å². The van der Waals surface area contributed by atoms with E-state index in [1.807, 2.05) is 0 Å². The van der Waals surface area contributed by atoms with Crippen molar-refractivity contribution >= 4 is 17.6 Å². The highest BCUT2D eigenvalue weighted by molar-refractivity contribution is 5.94. The number of nitrogens with zero attached hydrogens (tertiary/aromatic N) is 6. The second kappa shape index (κ2) is 13.9. The molecule has 2 aliphatic heterocycles. The molecule has 5 heterocycles. The quantitative estimate of drug-likeness (QED) is 0.301. The molecule has 2 amide bonds. The van der Waals surface area contributed by atoms with Crippen molar-refractivity contribution in [2.24, 2.45) is 17.8 Å². The molecule has 274 valence electrons. The van der Waals surface area contributed by atoms with E-state index in [1.165, 1.54) is 10.7 Å². The summed E-state index contributed by atoms with van der Waals surface area (Å²) in [5.74, 6) is -8.99. The standard InChI is InChI=1S/C29H32F8N8O5/c30-27(31)5-1-14(2-6-27)21(40-24(47)22-25(44-50-43-22)49-13-28(32,33)34)19-12-45-26(39-19)41-20(15-3-7-48-8-4-15)18(42-45)10-16-9-17(29(35,36)37)11-38-23(16)46/h12,14-17,21H,1-11,13H2,(H,38,46)(H,40,47)/t16-,17-,21+/m1/s1. The van der Waals surface area contributed by atoms with Gasteiger partial charge in [-0.05, 0) is 48.3 Å². The van der Waals surface area contributed by atoms with Crippen molar-refractivity contribution in [2.45, 2.75) is 81.6 Å². The van der Waals surface area contributed by atoms with Crippen molar-refractivity contribution in [3.63, 3.8) is 0 Å². The third-order valence-electron chi connectivity index (χ3n) is 9.29. The summed E-state index contributed by atoms with van der Waals surface area (Å²) in [4.78, 5) is 35.3. The van der Waals surface area contributed by atoms with Crippen LogP contribution < -0.4 is 15.4 Å². The normalized spacial score (nSPS) is 23.1. The van der Waals surface area contributed by atoms with E-state index in [2.05, 4.69) is 40.4 Å². The molecule has 3 fully saturated rings. The summed E-state index contributed by atoms with van der Waals surface area (Å²) >= 11 is 0. The lowest BCUT2D eigenvalue weighted by Gasteiger charge is -2.33. The minimum atomic E-state index is -4.76. The molecular weight excluding hydrogens is 692 g/mol. The molecule has 21 heteroatoms. The molecule has 3 aromatic heterocycles. The number of alkyl halides is 8. The number of ether oxygens (including phenoxy) is 2. The Bertz CT molecular complexity index is 1680. The van der Waals surface area contributed by atoms with E-state index >= 15 is 0 Å². The van der Waals surface area contributed by atoms with Gasteiger partial charge in [0.1, 0.15) is 0 Å². The van der Waals surface area contributed by atoms with Crippen LogP contribution in [0.1, 0.15) is 84.5 Å². The van der Waals surface area contributed by atoms with Crippen LogP contribution >= 0.6 is 0 Å². The number of imidazole rings is 1. The van der Waals surface area contributed by atoms with Gasteiger partial charge in [0.2, 0.25) is 17.5 Å². The molecule has 6 rings (SSSR count). The second-order valence-corrected chi connectivity index (χ2v) is 12.8. The summed E-state index contributed by atoms with van der Waals surface area (Å²) in [5.41, 5.74) is 0.102. The molecule has 3 aliphatic rings. The zero-order valence-corrected chi connectivity index (χ0v) is 26.2. The van der Waals surface area contributed by atoms with Crippen molar-refractivity contribution < 1.29 is 58.8 Å². The topological polar surface area (TPSA) is 159 Å². The maximum absolute atomic E-state index is 14.1. The van der Waals surface area contributed by atoms with E-state index in [0.717, 1.165) is 0 Å². The number of hydrogen-bond donors (Lipinski definition) is 2. The zero-order valence-electron chi connectivity index (χ0n) is 26.2. The summed E-state index contributed by atoms with van der Waals surface area (Å²) in [6, 6.07) is -1.10. The Balaban J connectivity index is 1.33. The fourth-order valence-electron chi connectivity index (χ4n) is 6.64. The predicted molar refractivity (Wildman–Crippen MR) is 151 cm³/mol. The summed E-state index contributed by atoms with van der Waals surface area (Å²) in [5, 5.41) is 16.1. The van der Waals surface area contributed by atoms with Gasteiger partial charge in [0, 0.05) is 50.9 Å². The van der Waals surface area contributed by atoms with E-state index < -0.39 is 97.9 Å². The van der Waals surface area contributed by atoms with Gasteiger partial charge in [-0.15, -0.1) is 0 Å². The minimum absolute atomic E-state index is 0.0317. The highest BCUT2D eigenvalue weighted by atomic mass is 19.4. The first-order valence-electron chi connectivity index (χ1n) is 16.0. The molecule has 3 atom stereocenters. The highest BCUT2D eigenvalue weighted by Gasteiger charge is 2.45. The number of carbonyl (C=O) groups is 2. The van der Waals surface area contributed by atoms with Crippen LogP contribution in [0.15, 0.2) is 10.8 Å². The Morgan fingerprint density at radius 3 is 2.48 bits per heavy atom. The van der Waals surface area contributed by atoms with Gasteiger partial charge in [-0.1, -0.05) is 0 Å². The number of amides is 2. The molecule has 0 radical (unpaired) electrons. The predicted octanol–water partition coefficient (Wildman–Crippen LogP) is 4.50. The minimum Gasteiger partial charge on any atom is -0.464 e. The fourth-order valence-corrected chi connectivity index (χ4v) is 6.64. The van der Waals surface area contributed by atoms with Gasteiger partial charge < -0.3 is 20.1 Å². The Morgan fingerprint density at radius 1 is 1.08 bits per heavy atom. The monoisotopic (exact) mass is 724 g/mol. The maximum atomic E-state index is 14.1. The van der Waals surface area contributed by atoms with E-state index in [-0.39, 0.29) is 42.3 Å². The van der Waals surface area contributed by atoms with Gasteiger partial charge in [-0.3, -0.25) is 9.59 Å². The molecule has 50 heavy (non-hydrogen) atoms. The summed E-state index contributed by atoms with van der Waals surface area (Å²) in [6.07, 6.45) is -8.57. The molecular formula is C29H32F8N8O5. The van der Waals surface area contributed by atoms with Crippen molar-refractivity contribution in [2.75, 3.05) is 26.4 Å². The van der Waals surface area contributed by atoms with Crippen molar-refractivity contribution in [1.82, 2.24) is 40.5 Å². The number of rotatable bonds is 9. The highest BCUT2D eigenvalue weighted by Crippen LogP contribution is 2.42. The van der Waals surface area contributed by atoms with Gasteiger partial charge in [0.05, 0.1) is 35.2 Å². The Morgan fingerprint density at radius 2 is 1.80 bits per heavy atom. The van der Waals surface area contributed by atoms with E-state index in [9.17, 15) is 44.7 Å². The van der Waals surface area contributed by atoms with Crippen LogP contribution in [-0.2, 0) is 16.0 Å². The second-order valence-electron chi connectivity index (χ2n) is 12.8. The van der Waals surface area contributed by atoms with E-state index in [1.54, 1.807) is 0 Å². The van der Waals surface area contributed by atoms with Gasteiger partial charge in [-0.25, -0.2) is 27.9 Å². The zero-order chi connectivity index (χ0) is 35.8. The van der Waals surface area contributed by atoms with Gasteiger partial charge in [-0.2, -0.15) is 31.4 Å². The molecule has 0 unspecified atom stereocenters. The molecule has 13 nitrogen and oxygen atoms in total. The Labute approximate surface area is 277 Å². The first-order valence-corrected chi connectivity index (χ1v) is 16.0. The Kier molecular flexibility index (Phi) is 9.88. The van der Waals surface area contributed by atoms with Crippen LogP contribution in [0, 0.1) is 17.8 Å². The van der Waals surface area contributed by atoms with Crippen molar-refractivity contribution in [1.29, 1.82) is 0 Å². The van der Waals surface area contributed by atoms with Crippen LogP contribution in [0.4, 0.5) is 35.1 Å². The van der Waals surface area contributed by atoms with Crippen LogP contribution in [0.5, 0.6) is 5.88 Å². The number of aromatic nitrogens is 6. The van der Waals surface area contributed by atoms with Crippen molar-refractivity contribution in [3.05, 3.63) is 29.0 Å². The third-order valence-corrected chi connectivity index (χ3v) is 9.29. The number of fused-ring (bicyclic) bond motifs is 1. The molecule has 0 aromatic carbocycles. The number of nitrogens with one attached hydrogen (secondary N) is 2. The van der Waals surface area contributed by atoms with Crippen LogP contribution in [0.3, 0.4) is 0 Å². The van der Waals surface area contributed by atoms with Crippen molar-refractivity contribution in [3.8, 4) is 5.88 Å². The van der Waals surface area contributed by atoms with E-state index in [4.69, 9.17) is 9.72 Å². The third kappa shape index (κ3) is 8.23. The molecule has 2 saturated heterocycles. The van der Waals surface area contributed by atoms with Crippen LogP contribution in [0.2, 0.25) is 0 Å². The largest absolute Gasteiger partial charge is 0.464 e. The lowest BCUT2D eigenvalue weighted by Crippen LogP contribution is -2.47. The lowest BCUT2D eigenvalue weighted by molar-refractivity contribution is -0.183. The number of hydrogen-bond acceptors (Lipinski definition) is 10. The van der Waals surface area contributed by atoms with Crippen LogP contribution in [-0.4, -0.2) is 86.4 Å². The molecule has 1 aliphatic carbocycles. The molecule has 0 spiro atoms. The van der Waals surface area contributed by atoms with Gasteiger partial charge in [0.25, 0.3) is 17.6 Å². The average Bonchev–Trinajstić information content (AvgIpc) is 3.70. The summed E-state index contributed by atoms with van der Waals surface area (Å²) < 4.78 is 123. The first kappa shape index (κ1) is 35.6. The fraction of sp³-hybridized carbons (Fsp3) is 0.690. The number of piperidine rings is 1. The SMILES string of the molecule is O=C(N[C@H](c1cn2nc(C[C@H]3C[C@@H](C(F)(F)F)CNC3=O)c(C3CCOCC3)nc2n1)C1CCC(F)(F)CC1)c1nonc1OCC(F)(F)F. The first-order chi connectivity index (χ1) is 23.6. The summed E-state index contributed by atoms with van der Waals surface area (Å²) in [6.45, 7) is -1.53. The van der Waals surface area contributed by atoms with Gasteiger partial charge >= 0.3 is 12.4 Å². The molecule has 2 N–H and O–H groups in total. The number of carbonyl (C=O) groups excluding carboxylic acids is 2. The van der Waals surface area contributed by atoms with Crippen LogP contribution in [0.25, 0.3) is 5.78 Å². The molecule has 0 bridgehead atoms.